The maximum atomic E-state index is 13.3. The summed E-state index contributed by atoms with van der Waals surface area (Å²) in [7, 11) is 1.88. The van der Waals surface area contributed by atoms with E-state index in [1.165, 1.54) is 0 Å². The zero-order valence-corrected chi connectivity index (χ0v) is 25.4. The Bertz CT molecular complexity index is 1480. The largest absolute Gasteiger partial charge is 0.462 e. The molecule has 1 amide bonds. The standard InChI is InChI=1S/C34H40N4O5/c1-6-42-32(40)24-14-17-26-27(20-24)37-31(39)29(26)30(23-10-8-7-9-11-23)36-25-15-12-22(13-16-25)21-38(5)28(18-19-35)33(41)43-34(2,3)4/h7-17,20,28-29H,6,18-19,21,35H2,1-5H3,(H,37,39). The van der Waals surface area contributed by atoms with E-state index >= 15 is 0 Å². The summed E-state index contributed by atoms with van der Waals surface area (Å²) >= 11 is 0. The highest BCUT2D eigenvalue weighted by Gasteiger charge is 2.36. The third-order valence-corrected chi connectivity index (χ3v) is 7.01. The number of nitrogens with zero attached hydrogens (tertiary/aromatic N) is 2. The van der Waals surface area contributed by atoms with Gasteiger partial charge in [-0.3, -0.25) is 19.5 Å². The highest BCUT2D eigenvalue weighted by Crippen LogP contribution is 2.37. The SMILES string of the molecule is CCOC(=O)c1ccc2c(c1)NC(=O)C2C(=Nc1ccc(CN(C)C(CCN)C(=O)OC(C)(C)C)cc1)c1ccccc1. The van der Waals surface area contributed by atoms with Crippen LogP contribution in [-0.4, -0.2) is 60.3 Å². The third kappa shape index (κ3) is 7.94. The van der Waals surface area contributed by atoms with Gasteiger partial charge in [-0.05, 0) is 88.7 Å². The maximum absolute atomic E-state index is 13.3. The number of hydrogen-bond acceptors (Lipinski definition) is 8. The van der Waals surface area contributed by atoms with Crippen LogP contribution < -0.4 is 11.1 Å². The van der Waals surface area contributed by atoms with Gasteiger partial charge in [0.2, 0.25) is 5.91 Å². The minimum atomic E-state index is -0.662. The molecule has 0 bridgehead atoms. The van der Waals surface area contributed by atoms with Crippen molar-refractivity contribution in [1.82, 2.24) is 4.90 Å². The molecule has 2 atom stereocenters. The second-order valence-electron chi connectivity index (χ2n) is 11.5. The summed E-state index contributed by atoms with van der Waals surface area (Å²) in [6.07, 6.45) is 0.487. The lowest BCUT2D eigenvalue weighted by atomic mass is 9.90. The Morgan fingerprint density at radius 2 is 1.72 bits per heavy atom. The lowest BCUT2D eigenvalue weighted by molar-refractivity contribution is -0.161. The molecule has 0 spiro atoms. The Morgan fingerprint density at radius 3 is 2.35 bits per heavy atom. The molecule has 0 aromatic heterocycles. The summed E-state index contributed by atoms with van der Waals surface area (Å²) < 4.78 is 10.7. The fourth-order valence-corrected chi connectivity index (χ4v) is 5.04. The first-order valence-corrected chi connectivity index (χ1v) is 14.5. The zero-order chi connectivity index (χ0) is 31.1. The van der Waals surface area contributed by atoms with E-state index in [1.54, 1.807) is 25.1 Å². The van der Waals surface area contributed by atoms with Gasteiger partial charge in [-0.25, -0.2) is 4.79 Å². The van der Waals surface area contributed by atoms with E-state index in [-0.39, 0.29) is 18.5 Å². The summed E-state index contributed by atoms with van der Waals surface area (Å²) in [4.78, 5) is 45.3. The average molecular weight is 585 g/mol. The van der Waals surface area contributed by atoms with Gasteiger partial charge in [0.25, 0.3) is 0 Å². The number of rotatable bonds is 11. The number of ether oxygens (including phenoxy) is 2. The molecule has 43 heavy (non-hydrogen) atoms. The first kappa shape index (κ1) is 31.6. The second kappa shape index (κ2) is 13.8. The van der Waals surface area contributed by atoms with Crippen molar-refractivity contribution in [2.45, 2.75) is 58.2 Å². The van der Waals surface area contributed by atoms with E-state index in [9.17, 15) is 14.4 Å². The molecule has 0 aliphatic carbocycles. The normalized spacial score (nSPS) is 15.6. The molecule has 1 aliphatic rings. The smallest absolute Gasteiger partial charge is 0.338 e. The first-order valence-electron chi connectivity index (χ1n) is 14.5. The average Bonchev–Trinajstić information content (AvgIpc) is 3.29. The van der Waals surface area contributed by atoms with E-state index < -0.39 is 23.5 Å². The van der Waals surface area contributed by atoms with Crippen LogP contribution in [-0.2, 0) is 25.6 Å². The van der Waals surface area contributed by atoms with Gasteiger partial charge >= 0.3 is 11.9 Å². The van der Waals surface area contributed by atoms with E-state index in [4.69, 9.17) is 20.2 Å². The summed E-state index contributed by atoms with van der Waals surface area (Å²) in [5.41, 5.74) is 9.99. The van der Waals surface area contributed by atoms with Crippen molar-refractivity contribution in [1.29, 1.82) is 0 Å². The van der Waals surface area contributed by atoms with Crippen LogP contribution in [0, 0.1) is 0 Å². The van der Waals surface area contributed by atoms with Crippen LogP contribution in [0.25, 0.3) is 0 Å². The lowest BCUT2D eigenvalue weighted by Gasteiger charge is -2.29. The molecule has 0 fully saturated rings. The summed E-state index contributed by atoms with van der Waals surface area (Å²) in [6, 6.07) is 21.9. The van der Waals surface area contributed by atoms with E-state index in [0.29, 0.717) is 42.2 Å². The number of nitrogens with one attached hydrogen (secondary N) is 1. The predicted molar refractivity (Wildman–Crippen MR) is 168 cm³/mol. The van der Waals surface area contributed by atoms with Gasteiger partial charge < -0.3 is 20.5 Å². The molecule has 4 rings (SSSR count). The van der Waals surface area contributed by atoms with Gasteiger partial charge in [-0.1, -0.05) is 48.5 Å². The molecule has 3 aromatic carbocycles. The highest BCUT2D eigenvalue weighted by molar-refractivity contribution is 6.24. The number of benzene rings is 3. The van der Waals surface area contributed by atoms with Crippen LogP contribution in [0.4, 0.5) is 11.4 Å². The van der Waals surface area contributed by atoms with Crippen LogP contribution in [0.1, 0.15) is 67.1 Å². The van der Waals surface area contributed by atoms with Crippen molar-refractivity contribution >= 4 is 34.9 Å². The van der Waals surface area contributed by atoms with Gasteiger partial charge in [0.15, 0.2) is 0 Å². The van der Waals surface area contributed by atoms with Gasteiger partial charge in [0, 0.05) is 12.2 Å². The van der Waals surface area contributed by atoms with Crippen LogP contribution in [0.3, 0.4) is 0 Å². The molecule has 1 aliphatic heterocycles. The zero-order valence-electron chi connectivity index (χ0n) is 25.4. The molecular formula is C34H40N4O5. The van der Waals surface area contributed by atoms with Crippen molar-refractivity contribution < 1.29 is 23.9 Å². The number of hydrogen-bond donors (Lipinski definition) is 2. The minimum Gasteiger partial charge on any atom is -0.462 e. The summed E-state index contributed by atoms with van der Waals surface area (Å²) in [6.45, 7) is 8.44. The topological polar surface area (TPSA) is 123 Å². The molecule has 3 N–H and O–H groups in total. The fraction of sp³-hybridized carbons (Fsp3) is 0.353. The third-order valence-electron chi connectivity index (χ3n) is 7.01. The number of nitrogens with two attached hydrogens (primary N) is 1. The van der Waals surface area contributed by atoms with Crippen LogP contribution >= 0.6 is 0 Å². The molecule has 226 valence electrons. The van der Waals surface area contributed by atoms with Gasteiger partial charge in [0.05, 0.1) is 23.6 Å². The maximum Gasteiger partial charge on any atom is 0.338 e. The number of carbonyl (C=O) groups is 3. The Labute approximate surface area is 253 Å². The van der Waals surface area contributed by atoms with Gasteiger partial charge in [-0.2, -0.15) is 0 Å². The highest BCUT2D eigenvalue weighted by atomic mass is 16.6. The number of aliphatic imine (C=N–C) groups is 1. The molecule has 9 heteroatoms. The molecule has 0 saturated carbocycles. The number of esters is 2. The fourth-order valence-electron chi connectivity index (χ4n) is 5.04. The van der Waals surface area contributed by atoms with Crippen molar-refractivity contribution in [3.8, 4) is 0 Å². The molecule has 0 saturated heterocycles. The predicted octanol–water partition coefficient (Wildman–Crippen LogP) is 5.21. The molecule has 2 unspecified atom stereocenters. The Kier molecular flexibility index (Phi) is 10.1. The summed E-state index contributed by atoms with van der Waals surface area (Å²) in [5.74, 6) is -1.61. The Hall–Kier alpha value is -4.34. The van der Waals surface area contributed by atoms with Gasteiger partial charge in [-0.15, -0.1) is 0 Å². The number of fused-ring (bicyclic) bond motifs is 1. The van der Waals surface area contributed by atoms with Crippen LogP contribution in [0.2, 0.25) is 0 Å². The van der Waals surface area contributed by atoms with E-state index in [2.05, 4.69) is 5.32 Å². The van der Waals surface area contributed by atoms with E-state index in [0.717, 1.165) is 16.7 Å². The molecular weight excluding hydrogens is 544 g/mol. The number of likely N-dealkylation sites (N-methyl/N-ethyl adjacent to an activating group) is 1. The quantitative estimate of drug-likeness (QED) is 0.234. The first-order chi connectivity index (χ1) is 20.5. The number of carbonyl (C=O) groups excluding carboxylic acids is 3. The Balaban J connectivity index is 1.61. The van der Waals surface area contributed by atoms with E-state index in [1.807, 2.05) is 87.3 Å². The monoisotopic (exact) mass is 584 g/mol. The van der Waals surface area contributed by atoms with Crippen LogP contribution in [0.5, 0.6) is 0 Å². The number of amides is 1. The van der Waals surface area contributed by atoms with Crippen molar-refractivity contribution in [3.05, 3.63) is 95.1 Å². The minimum absolute atomic E-state index is 0.218. The van der Waals surface area contributed by atoms with Crippen molar-refractivity contribution in [2.75, 3.05) is 25.5 Å². The second-order valence-corrected chi connectivity index (χ2v) is 11.5. The molecule has 3 aromatic rings. The van der Waals surface area contributed by atoms with Gasteiger partial charge in [0.1, 0.15) is 17.6 Å². The molecule has 9 nitrogen and oxygen atoms in total. The van der Waals surface area contributed by atoms with Crippen molar-refractivity contribution in [2.24, 2.45) is 10.7 Å². The van der Waals surface area contributed by atoms with Crippen LogP contribution in [0.15, 0.2) is 77.8 Å². The molecule has 0 radical (unpaired) electrons. The Morgan fingerprint density at radius 1 is 1.02 bits per heavy atom. The van der Waals surface area contributed by atoms with Crippen molar-refractivity contribution in [3.63, 3.8) is 0 Å². The molecule has 1 heterocycles. The number of anilines is 1. The lowest BCUT2D eigenvalue weighted by Crippen LogP contribution is -2.43. The summed E-state index contributed by atoms with van der Waals surface area (Å²) in [5, 5.41) is 2.92.